The summed E-state index contributed by atoms with van der Waals surface area (Å²) in [7, 11) is 0. The summed E-state index contributed by atoms with van der Waals surface area (Å²) in [5.74, 6) is 0.723. The highest BCUT2D eigenvalue weighted by molar-refractivity contribution is 5.67. The minimum Gasteiger partial charge on any atom is -0.444 e. The first kappa shape index (κ1) is 14.3. The van der Waals surface area contributed by atoms with E-state index < -0.39 is 5.60 Å². The molecule has 0 radical (unpaired) electrons. The zero-order valence-corrected chi connectivity index (χ0v) is 11.5. The van der Waals surface area contributed by atoms with Gasteiger partial charge in [0.2, 0.25) is 0 Å². The Balaban J connectivity index is 2.13. The van der Waals surface area contributed by atoms with Crippen molar-refractivity contribution in [2.75, 3.05) is 13.1 Å². The summed E-state index contributed by atoms with van der Waals surface area (Å²) in [5, 5.41) is 6.25. The molecule has 4 nitrogen and oxygen atoms in total. The van der Waals surface area contributed by atoms with E-state index in [4.69, 9.17) is 4.74 Å². The maximum Gasteiger partial charge on any atom is 0.407 e. The average Bonchev–Trinajstić information content (AvgIpc) is 2.14. The minimum atomic E-state index is -0.409. The fourth-order valence-corrected chi connectivity index (χ4v) is 2.19. The number of ether oxygens (including phenoxy) is 1. The van der Waals surface area contributed by atoms with E-state index in [0.29, 0.717) is 12.6 Å². The van der Waals surface area contributed by atoms with E-state index in [-0.39, 0.29) is 6.09 Å². The highest BCUT2D eigenvalue weighted by Gasteiger charge is 2.19. The van der Waals surface area contributed by atoms with Crippen molar-refractivity contribution in [3.8, 4) is 0 Å². The summed E-state index contributed by atoms with van der Waals surface area (Å²) >= 11 is 0. The summed E-state index contributed by atoms with van der Waals surface area (Å²) in [5.41, 5.74) is -0.409. The summed E-state index contributed by atoms with van der Waals surface area (Å²) < 4.78 is 5.19. The molecule has 0 bridgehead atoms. The lowest BCUT2D eigenvalue weighted by molar-refractivity contribution is 0.0524. The number of alkyl carbamates (subject to hydrolysis) is 1. The van der Waals surface area contributed by atoms with Crippen LogP contribution in [0.1, 0.15) is 47.0 Å². The van der Waals surface area contributed by atoms with Gasteiger partial charge in [0.1, 0.15) is 5.60 Å². The molecule has 0 aromatic rings. The molecule has 1 fully saturated rings. The Labute approximate surface area is 104 Å². The second-order valence-corrected chi connectivity index (χ2v) is 5.96. The lowest BCUT2D eigenvalue weighted by Gasteiger charge is -2.28. The van der Waals surface area contributed by atoms with Gasteiger partial charge < -0.3 is 15.4 Å². The average molecular weight is 242 g/mol. The van der Waals surface area contributed by atoms with E-state index in [1.807, 2.05) is 20.8 Å². The number of hydrogen-bond acceptors (Lipinski definition) is 3. The maximum absolute atomic E-state index is 11.4. The monoisotopic (exact) mass is 242 g/mol. The van der Waals surface area contributed by atoms with Gasteiger partial charge in [0, 0.05) is 12.6 Å². The largest absolute Gasteiger partial charge is 0.444 e. The fourth-order valence-electron chi connectivity index (χ4n) is 2.19. The third kappa shape index (κ3) is 6.51. The number of amides is 1. The SMILES string of the molecule is CC1CC(CCNC(=O)OC(C)(C)C)CCN1. The van der Waals surface area contributed by atoms with Crippen LogP contribution < -0.4 is 10.6 Å². The van der Waals surface area contributed by atoms with Crippen molar-refractivity contribution in [1.82, 2.24) is 10.6 Å². The van der Waals surface area contributed by atoms with Crippen molar-refractivity contribution >= 4 is 6.09 Å². The van der Waals surface area contributed by atoms with Crippen LogP contribution in [0.2, 0.25) is 0 Å². The van der Waals surface area contributed by atoms with E-state index in [1.165, 1.54) is 12.8 Å². The Morgan fingerprint density at radius 1 is 1.47 bits per heavy atom. The standard InChI is InChI=1S/C13H26N2O2/c1-10-9-11(5-7-14-10)6-8-15-12(16)17-13(2,3)4/h10-11,14H,5-9H2,1-4H3,(H,15,16). The van der Waals surface area contributed by atoms with Crippen LogP contribution in [0.5, 0.6) is 0 Å². The van der Waals surface area contributed by atoms with E-state index in [9.17, 15) is 4.79 Å². The predicted octanol–water partition coefficient (Wildman–Crippen LogP) is 2.29. The molecule has 1 aliphatic rings. The summed E-state index contributed by atoms with van der Waals surface area (Å²) in [6, 6.07) is 0.607. The zero-order chi connectivity index (χ0) is 12.9. The van der Waals surface area contributed by atoms with Gasteiger partial charge in [-0.1, -0.05) is 0 Å². The summed E-state index contributed by atoms with van der Waals surface area (Å²) in [6.07, 6.45) is 3.15. The minimum absolute atomic E-state index is 0.306. The third-order valence-corrected chi connectivity index (χ3v) is 2.95. The molecule has 2 atom stereocenters. The van der Waals surface area contributed by atoms with E-state index in [1.54, 1.807) is 0 Å². The first-order valence-corrected chi connectivity index (χ1v) is 6.57. The zero-order valence-electron chi connectivity index (χ0n) is 11.5. The number of rotatable bonds is 3. The smallest absolute Gasteiger partial charge is 0.407 e. The molecule has 1 saturated heterocycles. The lowest BCUT2D eigenvalue weighted by atomic mass is 9.90. The summed E-state index contributed by atoms with van der Waals surface area (Å²) in [6.45, 7) is 9.65. The van der Waals surface area contributed by atoms with Crippen molar-refractivity contribution in [3.05, 3.63) is 0 Å². The van der Waals surface area contributed by atoms with Crippen molar-refractivity contribution in [1.29, 1.82) is 0 Å². The molecular weight excluding hydrogens is 216 g/mol. The van der Waals surface area contributed by atoms with Gasteiger partial charge in [-0.3, -0.25) is 0 Å². The van der Waals surface area contributed by atoms with Crippen LogP contribution in [0.15, 0.2) is 0 Å². The lowest BCUT2D eigenvalue weighted by Crippen LogP contribution is -2.38. The molecule has 0 aromatic carbocycles. The molecule has 0 saturated carbocycles. The van der Waals surface area contributed by atoms with Crippen LogP contribution >= 0.6 is 0 Å². The van der Waals surface area contributed by atoms with Crippen molar-refractivity contribution in [2.45, 2.75) is 58.6 Å². The van der Waals surface area contributed by atoms with Crippen molar-refractivity contribution in [2.24, 2.45) is 5.92 Å². The van der Waals surface area contributed by atoms with Crippen LogP contribution in [0.25, 0.3) is 0 Å². The quantitative estimate of drug-likeness (QED) is 0.798. The van der Waals surface area contributed by atoms with E-state index in [0.717, 1.165) is 18.9 Å². The maximum atomic E-state index is 11.4. The first-order valence-electron chi connectivity index (χ1n) is 6.57. The van der Waals surface area contributed by atoms with Crippen molar-refractivity contribution in [3.63, 3.8) is 0 Å². The highest BCUT2D eigenvalue weighted by atomic mass is 16.6. The predicted molar refractivity (Wildman–Crippen MR) is 69.0 cm³/mol. The Kier molecular flexibility index (Phi) is 5.25. The molecule has 0 spiro atoms. The van der Waals surface area contributed by atoms with Gasteiger partial charge in [-0.25, -0.2) is 4.79 Å². The van der Waals surface area contributed by atoms with Gasteiger partial charge in [0.15, 0.2) is 0 Å². The molecule has 1 rings (SSSR count). The second kappa shape index (κ2) is 6.24. The van der Waals surface area contributed by atoms with Crippen LogP contribution in [0, 0.1) is 5.92 Å². The number of nitrogens with one attached hydrogen (secondary N) is 2. The van der Waals surface area contributed by atoms with Crippen molar-refractivity contribution < 1.29 is 9.53 Å². The molecule has 1 amide bonds. The van der Waals surface area contributed by atoms with Gasteiger partial charge in [-0.05, 0) is 59.4 Å². The summed E-state index contributed by atoms with van der Waals surface area (Å²) in [4.78, 5) is 11.4. The number of carbonyl (C=O) groups excluding carboxylic acids is 1. The number of hydrogen-bond donors (Lipinski definition) is 2. The molecule has 2 N–H and O–H groups in total. The fraction of sp³-hybridized carbons (Fsp3) is 0.923. The Morgan fingerprint density at radius 2 is 2.18 bits per heavy atom. The molecule has 100 valence electrons. The molecule has 2 unspecified atom stereocenters. The molecule has 4 heteroatoms. The normalized spacial score (nSPS) is 25.4. The van der Waals surface area contributed by atoms with Gasteiger partial charge in [-0.2, -0.15) is 0 Å². The Bertz CT molecular complexity index is 248. The van der Waals surface area contributed by atoms with Gasteiger partial charge >= 0.3 is 6.09 Å². The van der Waals surface area contributed by atoms with E-state index in [2.05, 4.69) is 17.6 Å². The molecule has 17 heavy (non-hydrogen) atoms. The van der Waals surface area contributed by atoms with Gasteiger partial charge in [0.05, 0.1) is 0 Å². The molecule has 0 aliphatic carbocycles. The van der Waals surface area contributed by atoms with E-state index >= 15 is 0 Å². The van der Waals surface area contributed by atoms with Gasteiger partial charge in [-0.15, -0.1) is 0 Å². The second-order valence-electron chi connectivity index (χ2n) is 5.96. The van der Waals surface area contributed by atoms with Gasteiger partial charge in [0.25, 0.3) is 0 Å². The van der Waals surface area contributed by atoms with Crippen LogP contribution in [-0.4, -0.2) is 30.8 Å². The topological polar surface area (TPSA) is 50.4 Å². The third-order valence-electron chi connectivity index (χ3n) is 2.95. The number of piperidine rings is 1. The highest BCUT2D eigenvalue weighted by Crippen LogP contribution is 2.18. The Morgan fingerprint density at radius 3 is 2.76 bits per heavy atom. The molecule has 1 heterocycles. The van der Waals surface area contributed by atoms with Crippen LogP contribution in [0.4, 0.5) is 4.79 Å². The molecule has 1 aliphatic heterocycles. The molecule has 0 aromatic heterocycles. The van der Waals surface area contributed by atoms with Crippen LogP contribution in [0.3, 0.4) is 0 Å². The van der Waals surface area contributed by atoms with Crippen LogP contribution in [-0.2, 0) is 4.74 Å². The first-order chi connectivity index (χ1) is 7.87. The Hall–Kier alpha value is -0.770. The number of carbonyl (C=O) groups is 1. The molecular formula is C13H26N2O2.